The zero-order valence-electron chi connectivity index (χ0n) is 11.1. The molecule has 1 aliphatic rings. The fourth-order valence-electron chi connectivity index (χ4n) is 2.67. The standard InChI is InChI=1S/C14H29N/c1-11(2)7-6-10-15-14-9-5-8-12(3)13(14)4/h11-15H,5-10H2,1-4H3. The Hall–Kier alpha value is -0.0400. The fourth-order valence-corrected chi connectivity index (χ4v) is 2.67. The van der Waals surface area contributed by atoms with Crippen LogP contribution in [0.5, 0.6) is 0 Å². The summed E-state index contributed by atoms with van der Waals surface area (Å²) in [6, 6.07) is 0.793. The average molecular weight is 211 g/mol. The summed E-state index contributed by atoms with van der Waals surface area (Å²) in [5.74, 6) is 2.65. The Morgan fingerprint density at radius 1 is 1.20 bits per heavy atom. The Morgan fingerprint density at radius 2 is 1.93 bits per heavy atom. The van der Waals surface area contributed by atoms with Crippen molar-refractivity contribution in [2.75, 3.05) is 6.54 Å². The van der Waals surface area contributed by atoms with Gasteiger partial charge in [-0.15, -0.1) is 0 Å². The third kappa shape index (κ3) is 4.55. The molecule has 3 unspecified atom stereocenters. The third-order valence-corrected chi connectivity index (χ3v) is 4.07. The first-order chi connectivity index (χ1) is 7.11. The van der Waals surface area contributed by atoms with Crippen LogP contribution in [0.15, 0.2) is 0 Å². The van der Waals surface area contributed by atoms with E-state index in [4.69, 9.17) is 0 Å². The van der Waals surface area contributed by atoms with Gasteiger partial charge in [-0.3, -0.25) is 0 Å². The first-order valence-corrected chi connectivity index (χ1v) is 6.84. The molecule has 15 heavy (non-hydrogen) atoms. The van der Waals surface area contributed by atoms with E-state index in [9.17, 15) is 0 Å². The molecule has 0 bridgehead atoms. The first-order valence-electron chi connectivity index (χ1n) is 6.84. The van der Waals surface area contributed by atoms with Crippen LogP contribution in [0.25, 0.3) is 0 Å². The number of hydrogen-bond acceptors (Lipinski definition) is 1. The van der Waals surface area contributed by atoms with E-state index < -0.39 is 0 Å². The molecule has 0 aromatic carbocycles. The zero-order chi connectivity index (χ0) is 11.3. The van der Waals surface area contributed by atoms with Crippen LogP contribution >= 0.6 is 0 Å². The Labute approximate surface area is 96.0 Å². The van der Waals surface area contributed by atoms with E-state index in [0.717, 1.165) is 23.8 Å². The van der Waals surface area contributed by atoms with Gasteiger partial charge in [-0.25, -0.2) is 0 Å². The topological polar surface area (TPSA) is 12.0 Å². The molecule has 0 radical (unpaired) electrons. The highest BCUT2D eigenvalue weighted by atomic mass is 14.9. The van der Waals surface area contributed by atoms with Crippen molar-refractivity contribution in [3.05, 3.63) is 0 Å². The molecule has 0 saturated heterocycles. The van der Waals surface area contributed by atoms with E-state index >= 15 is 0 Å². The Balaban J connectivity index is 2.14. The van der Waals surface area contributed by atoms with Crippen molar-refractivity contribution in [3.8, 4) is 0 Å². The second kappa shape index (κ2) is 6.52. The summed E-state index contributed by atoms with van der Waals surface area (Å²) in [5, 5.41) is 3.76. The van der Waals surface area contributed by atoms with Crippen molar-refractivity contribution >= 4 is 0 Å². The predicted octanol–water partition coefficient (Wildman–Crippen LogP) is 3.84. The highest BCUT2D eigenvalue weighted by Gasteiger charge is 2.26. The van der Waals surface area contributed by atoms with Crippen molar-refractivity contribution < 1.29 is 0 Å². The smallest absolute Gasteiger partial charge is 0.00952 e. The van der Waals surface area contributed by atoms with E-state index in [2.05, 4.69) is 33.0 Å². The summed E-state index contributed by atoms with van der Waals surface area (Å²) in [6.07, 6.45) is 6.96. The van der Waals surface area contributed by atoms with Crippen molar-refractivity contribution in [3.63, 3.8) is 0 Å². The molecule has 0 aromatic rings. The van der Waals surface area contributed by atoms with Crippen LogP contribution in [-0.4, -0.2) is 12.6 Å². The number of hydrogen-bond donors (Lipinski definition) is 1. The first kappa shape index (κ1) is 13.0. The van der Waals surface area contributed by atoms with Crippen LogP contribution in [0.4, 0.5) is 0 Å². The molecule has 1 saturated carbocycles. The molecule has 90 valence electrons. The van der Waals surface area contributed by atoms with Gasteiger partial charge in [0.2, 0.25) is 0 Å². The maximum Gasteiger partial charge on any atom is 0.00952 e. The van der Waals surface area contributed by atoms with Gasteiger partial charge < -0.3 is 5.32 Å². The summed E-state index contributed by atoms with van der Waals surface area (Å²) < 4.78 is 0. The van der Waals surface area contributed by atoms with Gasteiger partial charge in [0.1, 0.15) is 0 Å². The minimum atomic E-state index is 0.793. The van der Waals surface area contributed by atoms with Crippen LogP contribution in [-0.2, 0) is 0 Å². The number of rotatable bonds is 5. The monoisotopic (exact) mass is 211 g/mol. The summed E-state index contributed by atoms with van der Waals surface area (Å²) in [7, 11) is 0. The average Bonchev–Trinajstić information content (AvgIpc) is 2.18. The molecule has 0 aromatic heterocycles. The van der Waals surface area contributed by atoms with Crippen LogP contribution in [0.2, 0.25) is 0 Å². The second-order valence-electron chi connectivity index (χ2n) is 5.86. The largest absolute Gasteiger partial charge is 0.314 e. The fraction of sp³-hybridized carbons (Fsp3) is 1.00. The molecule has 1 fully saturated rings. The van der Waals surface area contributed by atoms with Gasteiger partial charge >= 0.3 is 0 Å². The molecule has 3 atom stereocenters. The van der Waals surface area contributed by atoms with Gasteiger partial charge in [0.05, 0.1) is 0 Å². The van der Waals surface area contributed by atoms with Crippen LogP contribution in [0.3, 0.4) is 0 Å². The lowest BCUT2D eigenvalue weighted by molar-refractivity contribution is 0.206. The second-order valence-corrected chi connectivity index (χ2v) is 5.86. The van der Waals surface area contributed by atoms with Crippen molar-refractivity contribution in [2.45, 2.75) is 65.8 Å². The van der Waals surface area contributed by atoms with Gasteiger partial charge in [0.15, 0.2) is 0 Å². The lowest BCUT2D eigenvalue weighted by Gasteiger charge is -2.34. The Kier molecular flexibility index (Phi) is 5.66. The van der Waals surface area contributed by atoms with Crippen LogP contribution in [0.1, 0.15) is 59.8 Å². The molecule has 1 rings (SSSR count). The highest BCUT2D eigenvalue weighted by Crippen LogP contribution is 2.29. The molecule has 0 spiro atoms. The minimum absolute atomic E-state index is 0.793. The van der Waals surface area contributed by atoms with E-state index in [1.165, 1.54) is 38.6 Å². The number of nitrogens with one attached hydrogen (secondary N) is 1. The van der Waals surface area contributed by atoms with Gasteiger partial charge in [-0.1, -0.05) is 40.5 Å². The lowest BCUT2D eigenvalue weighted by atomic mass is 9.78. The summed E-state index contributed by atoms with van der Waals surface area (Å²) >= 11 is 0. The molecule has 1 heteroatoms. The SMILES string of the molecule is CC(C)CCCNC1CCCC(C)C1C. The van der Waals surface area contributed by atoms with Crippen LogP contribution < -0.4 is 5.32 Å². The maximum absolute atomic E-state index is 3.76. The quantitative estimate of drug-likeness (QED) is 0.681. The Morgan fingerprint density at radius 3 is 2.60 bits per heavy atom. The summed E-state index contributed by atoms with van der Waals surface area (Å²) in [5.41, 5.74) is 0. The minimum Gasteiger partial charge on any atom is -0.314 e. The van der Waals surface area contributed by atoms with Gasteiger partial charge in [0, 0.05) is 6.04 Å². The molecule has 0 aliphatic heterocycles. The van der Waals surface area contributed by atoms with Gasteiger partial charge in [-0.05, 0) is 43.6 Å². The molecule has 0 heterocycles. The maximum atomic E-state index is 3.76. The summed E-state index contributed by atoms with van der Waals surface area (Å²) in [6.45, 7) is 10.7. The predicted molar refractivity (Wildman–Crippen MR) is 68.0 cm³/mol. The molecular formula is C14H29N. The molecule has 1 aliphatic carbocycles. The van der Waals surface area contributed by atoms with Gasteiger partial charge in [-0.2, -0.15) is 0 Å². The molecule has 1 nitrogen and oxygen atoms in total. The Bertz CT molecular complexity index is 165. The summed E-state index contributed by atoms with van der Waals surface area (Å²) in [4.78, 5) is 0. The van der Waals surface area contributed by atoms with Crippen LogP contribution in [0, 0.1) is 17.8 Å². The molecular weight excluding hydrogens is 182 g/mol. The van der Waals surface area contributed by atoms with Gasteiger partial charge in [0.25, 0.3) is 0 Å². The van der Waals surface area contributed by atoms with Crippen molar-refractivity contribution in [1.29, 1.82) is 0 Å². The molecule has 0 amide bonds. The third-order valence-electron chi connectivity index (χ3n) is 4.07. The molecule has 1 N–H and O–H groups in total. The van der Waals surface area contributed by atoms with E-state index in [1.807, 2.05) is 0 Å². The normalized spacial score (nSPS) is 32.2. The van der Waals surface area contributed by atoms with Crippen molar-refractivity contribution in [2.24, 2.45) is 17.8 Å². The van der Waals surface area contributed by atoms with E-state index in [1.54, 1.807) is 0 Å². The van der Waals surface area contributed by atoms with Crippen molar-refractivity contribution in [1.82, 2.24) is 5.32 Å². The lowest BCUT2D eigenvalue weighted by Crippen LogP contribution is -2.41. The zero-order valence-corrected chi connectivity index (χ0v) is 11.1. The van der Waals surface area contributed by atoms with E-state index in [-0.39, 0.29) is 0 Å². The van der Waals surface area contributed by atoms with E-state index in [0.29, 0.717) is 0 Å². The highest BCUT2D eigenvalue weighted by molar-refractivity contribution is 4.81.